The van der Waals surface area contributed by atoms with Crippen LogP contribution in [0.15, 0.2) is 18.2 Å². The second-order valence-electron chi connectivity index (χ2n) is 5.02. The summed E-state index contributed by atoms with van der Waals surface area (Å²) in [6.45, 7) is 0.457. The molecule has 0 aliphatic heterocycles. The van der Waals surface area contributed by atoms with Crippen molar-refractivity contribution in [2.24, 2.45) is 5.73 Å². The van der Waals surface area contributed by atoms with Crippen molar-refractivity contribution in [3.63, 3.8) is 0 Å². The molecule has 1 aliphatic carbocycles. The number of nitrogens with two attached hydrogens (primary N) is 1. The maximum Gasteiger partial charge on any atom is 0.139 e. The lowest BCUT2D eigenvalue weighted by Gasteiger charge is -2.12. The number of fused-ring (bicyclic) bond motifs is 1. The Morgan fingerprint density at radius 3 is 2.95 bits per heavy atom. The van der Waals surface area contributed by atoms with Crippen LogP contribution in [0.25, 0.3) is 11.0 Å². The van der Waals surface area contributed by atoms with Crippen LogP contribution < -0.4 is 10.5 Å². The number of aliphatic hydroxyl groups excluding tert-OH is 1. The predicted octanol–water partition coefficient (Wildman–Crippen LogP) is 1.76. The summed E-state index contributed by atoms with van der Waals surface area (Å²) < 4.78 is 7.39. The molecule has 1 aromatic heterocycles. The minimum absolute atomic E-state index is 0.457. The molecule has 1 fully saturated rings. The Labute approximate surface area is 112 Å². The highest BCUT2D eigenvalue weighted by atomic mass is 16.5. The van der Waals surface area contributed by atoms with Gasteiger partial charge in [-0.3, -0.25) is 0 Å². The summed E-state index contributed by atoms with van der Waals surface area (Å²) in [6.07, 6.45) is 2.25. The molecule has 3 N–H and O–H groups in total. The van der Waals surface area contributed by atoms with Crippen LogP contribution in [0, 0.1) is 0 Å². The summed E-state index contributed by atoms with van der Waals surface area (Å²) in [5.41, 5.74) is 7.47. The zero-order valence-corrected chi connectivity index (χ0v) is 11.0. The van der Waals surface area contributed by atoms with E-state index < -0.39 is 6.10 Å². The predicted molar refractivity (Wildman–Crippen MR) is 73.2 cm³/mol. The van der Waals surface area contributed by atoms with Gasteiger partial charge in [-0.15, -0.1) is 0 Å². The average Bonchev–Trinajstić information content (AvgIpc) is 3.18. The summed E-state index contributed by atoms with van der Waals surface area (Å²) in [7, 11) is 1.64. The van der Waals surface area contributed by atoms with E-state index in [1.807, 2.05) is 18.2 Å². The summed E-state index contributed by atoms with van der Waals surface area (Å²) in [5, 5.41) is 10.2. The molecule has 1 aromatic carbocycles. The molecule has 0 radical (unpaired) electrons. The van der Waals surface area contributed by atoms with E-state index in [1.165, 1.54) is 0 Å². The fourth-order valence-electron chi connectivity index (χ4n) is 2.46. The van der Waals surface area contributed by atoms with Crippen LogP contribution in [-0.2, 0) is 0 Å². The third-order valence-electron chi connectivity index (χ3n) is 3.57. The van der Waals surface area contributed by atoms with E-state index in [0.717, 1.165) is 35.4 Å². The zero-order chi connectivity index (χ0) is 13.4. The maximum absolute atomic E-state index is 10.2. The first-order valence-electron chi connectivity index (χ1n) is 6.68. The quantitative estimate of drug-likeness (QED) is 0.860. The maximum atomic E-state index is 10.2. The number of hydrogen-bond donors (Lipinski definition) is 2. The number of ether oxygens (including phenoxy) is 1. The van der Waals surface area contributed by atoms with Gasteiger partial charge in [0.25, 0.3) is 0 Å². The van der Waals surface area contributed by atoms with Gasteiger partial charge in [-0.1, -0.05) is 0 Å². The standard InChI is InChI=1S/C14H19N3O2/c1-19-10-4-5-12-11(8-10)16-14(13(18)6-7-15)17(12)9-2-3-9/h4-5,8-9,13,18H,2-3,6-7,15H2,1H3. The number of benzene rings is 1. The Hall–Kier alpha value is -1.59. The van der Waals surface area contributed by atoms with Crippen molar-refractivity contribution in [1.29, 1.82) is 0 Å². The van der Waals surface area contributed by atoms with Crippen LogP contribution in [0.5, 0.6) is 5.75 Å². The van der Waals surface area contributed by atoms with Crippen molar-refractivity contribution < 1.29 is 9.84 Å². The SMILES string of the molecule is COc1ccc2c(c1)nc(C(O)CCN)n2C1CC1. The summed E-state index contributed by atoms with van der Waals surface area (Å²) in [4.78, 5) is 4.58. The molecular weight excluding hydrogens is 242 g/mol. The number of hydrogen-bond acceptors (Lipinski definition) is 4. The Balaban J connectivity index is 2.11. The highest BCUT2D eigenvalue weighted by Crippen LogP contribution is 2.40. The van der Waals surface area contributed by atoms with Gasteiger partial charge in [0.05, 0.1) is 18.1 Å². The fourth-order valence-corrected chi connectivity index (χ4v) is 2.46. The van der Waals surface area contributed by atoms with Gasteiger partial charge in [-0.2, -0.15) is 0 Å². The first kappa shape index (κ1) is 12.4. The third kappa shape index (κ3) is 2.19. The van der Waals surface area contributed by atoms with E-state index in [1.54, 1.807) is 7.11 Å². The number of aromatic nitrogens is 2. The monoisotopic (exact) mass is 261 g/mol. The zero-order valence-electron chi connectivity index (χ0n) is 11.0. The van der Waals surface area contributed by atoms with E-state index >= 15 is 0 Å². The van der Waals surface area contributed by atoms with Crippen LogP contribution in [0.4, 0.5) is 0 Å². The summed E-state index contributed by atoms with van der Waals surface area (Å²) in [5.74, 6) is 1.52. The number of rotatable bonds is 5. The summed E-state index contributed by atoms with van der Waals surface area (Å²) >= 11 is 0. The van der Waals surface area contributed by atoms with Gasteiger partial charge in [0.1, 0.15) is 17.7 Å². The smallest absolute Gasteiger partial charge is 0.139 e. The third-order valence-corrected chi connectivity index (χ3v) is 3.57. The molecule has 5 nitrogen and oxygen atoms in total. The van der Waals surface area contributed by atoms with Crippen molar-refractivity contribution >= 4 is 11.0 Å². The summed E-state index contributed by atoms with van der Waals surface area (Å²) in [6, 6.07) is 6.33. The molecule has 0 saturated heterocycles. The highest BCUT2D eigenvalue weighted by molar-refractivity contribution is 5.78. The van der Waals surface area contributed by atoms with E-state index in [4.69, 9.17) is 10.5 Å². The van der Waals surface area contributed by atoms with Crippen molar-refractivity contribution in [1.82, 2.24) is 9.55 Å². The number of nitrogens with zero attached hydrogens (tertiary/aromatic N) is 2. The van der Waals surface area contributed by atoms with Gasteiger partial charge in [-0.05, 0) is 37.9 Å². The van der Waals surface area contributed by atoms with Crippen LogP contribution in [0.3, 0.4) is 0 Å². The molecular formula is C14H19N3O2. The minimum Gasteiger partial charge on any atom is -0.497 e. The normalized spacial score (nSPS) is 16.8. The van der Waals surface area contributed by atoms with Crippen LogP contribution in [0.1, 0.15) is 37.2 Å². The Bertz CT molecular complexity index is 590. The number of methoxy groups -OCH3 is 1. The number of aliphatic hydroxyl groups is 1. The van der Waals surface area contributed by atoms with E-state index in [0.29, 0.717) is 19.0 Å². The van der Waals surface area contributed by atoms with Crippen molar-refractivity contribution in [2.75, 3.05) is 13.7 Å². The van der Waals surface area contributed by atoms with Gasteiger partial charge >= 0.3 is 0 Å². The van der Waals surface area contributed by atoms with Crippen molar-refractivity contribution in [3.05, 3.63) is 24.0 Å². The Kier molecular flexibility index (Phi) is 3.16. The lowest BCUT2D eigenvalue weighted by atomic mass is 10.2. The molecule has 2 aromatic rings. The highest BCUT2D eigenvalue weighted by Gasteiger charge is 2.30. The molecule has 102 valence electrons. The van der Waals surface area contributed by atoms with E-state index in [9.17, 15) is 5.11 Å². The average molecular weight is 261 g/mol. The van der Waals surface area contributed by atoms with Gasteiger partial charge < -0.3 is 20.1 Å². The first-order chi connectivity index (χ1) is 9.24. The second kappa shape index (κ2) is 4.83. The molecule has 1 aliphatic rings. The van der Waals surface area contributed by atoms with E-state index in [-0.39, 0.29) is 0 Å². The Morgan fingerprint density at radius 1 is 1.53 bits per heavy atom. The molecule has 19 heavy (non-hydrogen) atoms. The molecule has 0 bridgehead atoms. The van der Waals surface area contributed by atoms with E-state index in [2.05, 4.69) is 9.55 Å². The molecule has 0 amide bonds. The van der Waals surface area contributed by atoms with Gasteiger partial charge in [-0.25, -0.2) is 4.98 Å². The first-order valence-corrected chi connectivity index (χ1v) is 6.68. The molecule has 1 atom stereocenters. The molecule has 5 heteroatoms. The molecule has 1 saturated carbocycles. The van der Waals surface area contributed by atoms with Crippen LogP contribution in [-0.4, -0.2) is 28.3 Å². The minimum atomic E-state index is -0.594. The fraction of sp³-hybridized carbons (Fsp3) is 0.500. The molecule has 1 heterocycles. The van der Waals surface area contributed by atoms with Crippen molar-refractivity contribution in [2.45, 2.75) is 31.4 Å². The van der Waals surface area contributed by atoms with Gasteiger partial charge in [0.2, 0.25) is 0 Å². The second-order valence-corrected chi connectivity index (χ2v) is 5.02. The topological polar surface area (TPSA) is 73.3 Å². The van der Waals surface area contributed by atoms with Gasteiger partial charge in [0, 0.05) is 12.1 Å². The van der Waals surface area contributed by atoms with Gasteiger partial charge in [0.15, 0.2) is 0 Å². The lowest BCUT2D eigenvalue weighted by molar-refractivity contribution is 0.156. The van der Waals surface area contributed by atoms with Crippen LogP contribution >= 0.6 is 0 Å². The molecule has 3 rings (SSSR count). The Morgan fingerprint density at radius 2 is 2.32 bits per heavy atom. The van der Waals surface area contributed by atoms with Crippen molar-refractivity contribution in [3.8, 4) is 5.75 Å². The number of imidazole rings is 1. The van der Waals surface area contributed by atoms with Crippen LogP contribution in [0.2, 0.25) is 0 Å². The largest absolute Gasteiger partial charge is 0.497 e. The molecule has 0 spiro atoms. The molecule has 1 unspecified atom stereocenters. The lowest BCUT2D eigenvalue weighted by Crippen LogP contribution is -2.12.